The lowest BCUT2D eigenvalue weighted by molar-refractivity contribution is -0.176. The Balaban J connectivity index is 2.97. The smallest absolute Gasteiger partial charge is 0.212 e. The molecule has 90 valence electrons. The highest BCUT2D eigenvalue weighted by atomic mass is 35.7. The molecule has 0 spiro atoms. The van der Waals surface area contributed by atoms with Gasteiger partial charge in [-0.25, -0.2) is 8.42 Å². The van der Waals surface area contributed by atoms with Gasteiger partial charge in [0.15, 0.2) is 0 Å². The minimum absolute atomic E-state index is 0.00993. The van der Waals surface area contributed by atoms with Crippen LogP contribution in [0.3, 0.4) is 0 Å². The summed E-state index contributed by atoms with van der Waals surface area (Å²) in [6.45, 7) is 0. The Hall–Kier alpha value is 0.0300. The summed E-state index contributed by atoms with van der Waals surface area (Å²) in [4.78, 5) is 0. The molecule has 2 atom stereocenters. The van der Waals surface area contributed by atoms with E-state index in [4.69, 9.17) is 10.7 Å². The van der Waals surface area contributed by atoms with Crippen LogP contribution in [0.15, 0.2) is 0 Å². The molecule has 0 aliphatic heterocycles. The molecule has 0 aromatic rings. The van der Waals surface area contributed by atoms with Crippen molar-refractivity contribution in [1.82, 2.24) is 0 Å². The van der Waals surface area contributed by atoms with Crippen molar-refractivity contribution in [2.24, 2.45) is 5.92 Å². The lowest BCUT2D eigenvalue weighted by atomic mass is 9.99. The van der Waals surface area contributed by atoms with E-state index in [1.807, 2.05) is 0 Å². The maximum atomic E-state index is 12.6. The minimum Gasteiger partial charge on any atom is -0.212 e. The first kappa shape index (κ1) is 13.1. The van der Waals surface area contributed by atoms with Gasteiger partial charge in [0.05, 0.1) is 11.2 Å². The van der Waals surface area contributed by atoms with Crippen LogP contribution in [0, 0.1) is 5.92 Å². The Morgan fingerprint density at radius 2 is 1.60 bits per heavy atom. The first-order chi connectivity index (χ1) is 6.73. The predicted octanol–water partition coefficient (Wildman–Crippen LogP) is 3.07. The third-order valence-corrected chi connectivity index (χ3v) is 4.71. The van der Waals surface area contributed by atoms with Crippen LogP contribution in [0.25, 0.3) is 0 Å². The van der Waals surface area contributed by atoms with Gasteiger partial charge in [-0.2, -0.15) is 13.2 Å². The predicted molar refractivity (Wildman–Crippen MR) is 51.2 cm³/mol. The van der Waals surface area contributed by atoms with E-state index in [1.54, 1.807) is 0 Å². The Morgan fingerprint density at radius 1 is 1.07 bits per heavy atom. The molecule has 0 amide bonds. The summed E-state index contributed by atoms with van der Waals surface area (Å²) in [7, 11) is 0.928. The summed E-state index contributed by atoms with van der Waals surface area (Å²) < 4.78 is 59.9. The van der Waals surface area contributed by atoms with E-state index in [0.29, 0.717) is 19.3 Å². The van der Waals surface area contributed by atoms with Crippen molar-refractivity contribution in [1.29, 1.82) is 0 Å². The third-order valence-electron chi connectivity index (χ3n) is 2.73. The molecule has 0 heterocycles. The SMILES string of the molecule is O=S(=O)(Cl)C1CCCCCC1C(F)(F)F. The molecule has 0 radical (unpaired) electrons. The average molecular weight is 265 g/mol. The lowest BCUT2D eigenvalue weighted by Crippen LogP contribution is -2.36. The molecule has 2 unspecified atom stereocenters. The second-order valence-electron chi connectivity index (χ2n) is 3.80. The van der Waals surface area contributed by atoms with Crippen molar-refractivity contribution >= 4 is 19.7 Å². The van der Waals surface area contributed by atoms with Crippen molar-refractivity contribution < 1.29 is 21.6 Å². The molecule has 15 heavy (non-hydrogen) atoms. The third kappa shape index (κ3) is 3.52. The molecular formula is C8H12ClF3O2S. The fourth-order valence-corrected chi connectivity index (χ4v) is 3.76. The van der Waals surface area contributed by atoms with Crippen LogP contribution >= 0.6 is 10.7 Å². The topological polar surface area (TPSA) is 34.1 Å². The van der Waals surface area contributed by atoms with Gasteiger partial charge in [0.2, 0.25) is 9.05 Å². The second-order valence-corrected chi connectivity index (χ2v) is 6.65. The lowest BCUT2D eigenvalue weighted by Gasteiger charge is -2.24. The zero-order valence-corrected chi connectivity index (χ0v) is 9.50. The highest BCUT2D eigenvalue weighted by Crippen LogP contribution is 2.40. The normalized spacial score (nSPS) is 29.9. The van der Waals surface area contributed by atoms with Gasteiger partial charge in [-0.05, 0) is 12.8 Å². The fraction of sp³-hybridized carbons (Fsp3) is 1.00. The first-order valence-electron chi connectivity index (χ1n) is 4.73. The average Bonchev–Trinajstić information content (AvgIpc) is 2.24. The van der Waals surface area contributed by atoms with Gasteiger partial charge >= 0.3 is 6.18 Å². The summed E-state index contributed by atoms with van der Waals surface area (Å²) in [5.41, 5.74) is 0. The standard InChI is InChI=1S/C8H12ClF3O2S/c9-15(13,14)7-5-3-1-2-4-6(7)8(10,11)12/h6-7H,1-5H2. The van der Waals surface area contributed by atoms with Crippen molar-refractivity contribution in [3.05, 3.63) is 0 Å². The number of rotatable bonds is 1. The molecular weight excluding hydrogens is 253 g/mol. The van der Waals surface area contributed by atoms with E-state index in [0.717, 1.165) is 0 Å². The summed E-state index contributed by atoms with van der Waals surface area (Å²) in [5, 5.41) is -1.47. The largest absolute Gasteiger partial charge is 0.393 e. The molecule has 7 heteroatoms. The maximum Gasteiger partial charge on any atom is 0.393 e. The molecule has 0 bridgehead atoms. The van der Waals surface area contributed by atoms with Crippen molar-refractivity contribution in [3.63, 3.8) is 0 Å². The van der Waals surface area contributed by atoms with Crippen LogP contribution in [0.5, 0.6) is 0 Å². The fourth-order valence-electron chi connectivity index (χ4n) is 1.99. The van der Waals surface area contributed by atoms with Crippen LogP contribution in [0.1, 0.15) is 32.1 Å². The zero-order chi connectivity index (χ0) is 11.7. The Kier molecular flexibility index (Phi) is 3.92. The molecule has 0 aromatic carbocycles. The van der Waals surface area contributed by atoms with Crippen molar-refractivity contribution in [3.8, 4) is 0 Å². The number of halogens is 4. The maximum absolute atomic E-state index is 12.6. The molecule has 2 nitrogen and oxygen atoms in total. The van der Waals surface area contributed by atoms with Crippen LogP contribution in [-0.2, 0) is 9.05 Å². The summed E-state index contributed by atoms with van der Waals surface area (Å²) in [5.74, 6) is -1.80. The van der Waals surface area contributed by atoms with Crippen molar-refractivity contribution in [2.75, 3.05) is 0 Å². The minimum atomic E-state index is -4.48. The molecule has 0 N–H and O–H groups in total. The Labute approximate surface area is 91.2 Å². The first-order valence-corrected chi connectivity index (χ1v) is 7.10. The molecule has 1 aliphatic carbocycles. The molecule has 1 aliphatic rings. The molecule has 1 fully saturated rings. The highest BCUT2D eigenvalue weighted by molar-refractivity contribution is 8.14. The highest BCUT2D eigenvalue weighted by Gasteiger charge is 2.49. The van der Waals surface area contributed by atoms with E-state index in [9.17, 15) is 21.6 Å². The zero-order valence-electron chi connectivity index (χ0n) is 7.93. The van der Waals surface area contributed by atoms with Crippen LogP contribution in [0.4, 0.5) is 13.2 Å². The van der Waals surface area contributed by atoms with E-state index in [1.165, 1.54) is 0 Å². The van der Waals surface area contributed by atoms with E-state index in [-0.39, 0.29) is 12.8 Å². The van der Waals surface area contributed by atoms with E-state index < -0.39 is 26.4 Å². The number of hydrogen-bond donors (Lipinski definition) is 0. The van der Waals surface area contributed by atoms with E-state index >= 15 is 0 Å². The monoisotopic (exact) mass is 264 g/mol. The van der Waals surface area contributed by atoms with Gasteiger partial charge in [0, 0.05) is 10.7 Å². The molecule has 1 rings (SSSR count). The van der Waals surface area contributed by atoms with Crippen LogP contribution in [-0.4, -0.2) is 19.8 Å². The number of hydrogen-bond acceptors (Lipinski definition) is 2. The van der Waals surface area contributed by atoms with E-state index in [2.05, 4.69) is 0 Å². The Bertz CT molecular complexity index is 312. The van der Waals surface area contributed by atoms with Gasteiger partial charge in [-0.3, -0.25) is 0 Å². The molecule has 0 aromatic heterocycles. The summed E-state index contributed by atoms with van der Waals surface area (Å²) in [6, 6.07) is 0. The number of alkyl halides is 3. The van der Waals surface area contributed by atoms with Gasteiger partial charge < -0.3 is 0 Å². The molecule has 1 saturated carbocycles. The Morgan fingerprint density at radius 3 is 2.07 bits per heavy atom. The summed E-state index contributed by atoms with van der Waals surface area (Å²) >= 11 is 0. The summed E-state index contributed by atoms with van der Waals surface area (Å²) in [6.07, 6.45) is -3.07. The van der Waals surface area contributed by atoms with Crippen molar-refractivity contribution in [2.45, 2.75) is 43.5 Å². The van der Waals surface area contributed by atoms with Gasteiger partial charge in [0.1, 0.15) is 0 Å². The van der Waals surface area contributed by atoms with Crippen LogP contribution in [0.2, 0.25) is 0 Å². The molecule has 0 saturated heterocycles. The quantitative estimate of drug-likeness (QED) is 0.539. The van der Waals surface area contributed by atoms with Gasteiger partial charge in [0.25, 0.3) is 0 Å². The van der Waals surface area contributed by atoms with Crippen LogP contribution < -0.4 is 0 Å². The second kappa shape index (κ2) is 4.49. The van der Waals surface area contributed by atoms with Gasteiger partial charge in [-0.15, -0.1) is 0 Å². The van der Waals surface area contributed by atoms with Gasteiger partial charge in [-0.1, -0.05) is 19.3 Å².